The molecule has 4 heteroatoms. The third-order valence-electron chi connectivity index (χ3n) is 1.75. The summed E-state index contributed by atoms with van der Waals surface area (Å²) < 4.78 is 1.50. The van der Waals surface area contributed by atoms with E-state index in [1.807, 2.05) is 6.92 Å². The van der Waals surface area contributed by atoms with Crippen LogP contribution in [-0.4, -0.2) is 15.1 Å². The zero-order chi connectivity index (χ0) is 9.84. The Morgan fingerprint density at radius 1 is 1.69 bits per heavy atom. The topological polar surface area (TPSA) is 34.9 Å². The highest BCUT2D eigenvalue weighted by Crippen LogP contribution is 2.01. The molecule has 3 nitrogen and oxygen atoms in total. The Hall–Kier alpha value is -0.640. The van der Waals surface area contributed by atoms with Gasteiger partial charge in [0.1, 0.15) is 0 Å². The molecule has 0 radical (unpaired) electrons. The van der Waals surface area contributed by atoms with Gasteiger partial charge in [0.05, 0.1) is 6.20 Å². The smallest absolute Gasteiger partial charge is 0.266 e. The van der Waals surface area contributed by atoms with Crippen LogP contribution in [0.15, 0.2) is 17.1 Å². The van der Waals surface area contributed by atoms with Crippen molar-refractivity contribution in [1.82, 2.24) is 9.78 Å². The van der Waals surface area contributed by atoms with Gasteiger partial charge < -0.3 is 0 Å². The number of hydrogen-bond acceptors (Lipinski definition) is 2. The maximum Gasteiger partial charge on any atom is 0.266 e. The molecule has 1 aromatic heterocycles. The average Bonchev–Trinajstić information content (AvgIpc) is 2.09. The monoisotopic (exact) mass is 244 g/mol. The molecule has 0 saturated heterocycles. The summed E-state index contributed by atoms with van der Waals surface area (Å²) in [6, 6.07) is 1.61. The molecule has 0 saturated carbocycles. The van der Waals surface area contributed by atoms with Crippen molar-refractivity contribution < 1.29 is 0 Å². The minimum Gasteiger partial charge on any atom is -0.268 e. The number of alkyl halides is 1. The third-order valence-corrected chi connectivity index (χ3v) is 2.86. The molecule has 1 atom stereocenters. The average molecular weight is 245 g/mol. The van der Waals surface area contributed by atoms with Crippen LogP contribution >= 0.6 is 15.9 Å². The minimum atomic E-state index is -0.0206. The van der Waals surface area contributed by atoms with Crippen molar-refractivity contribution in [2.75, 3.05) is 5.33 Å². The molecule has 0 fully saturated rings. The van der Waals surface area contributed by atoms with E-state index in [2.05, 4.69) is 28.0 Å². The highest BCUT2D eigenvalue weighted by atomic mass is 79.9. The first-order valence-electron chi connectivity index (χ1n) is 4.23. The van der Waals surface area contributed by atoms with E-state index in [0.29, 0.717) is 12.5 Å². The molecule has 0 bridgehead atoms. The van der Waals surface area contributed by atoms with Gasteiger partial charge >= 0.3 is 0 Å². The molecule has 72 valence electrons. The molecule has 0 aromatic carbocycles. The molecule has 0 spiro atoms. The zero-order valence-corrected chi connectivity index (χ0v) is 9.41. The van der Waals surface area contributed by atoms with E-state index in [9.17, 15) is 4.79 Å². The largest absolute Gasteiger partial charge is 0.268 e. The predicted octanol–water partition coefficient (Wildman–Crippen LogP) is 1.58. The van der Waals surface area contributed by atoms with Crippen LogP contribution in [0.2, 0.25) is 0 Å². The highest BCUT2D eigenvalue weighted by molar-refractivity contribution is 9.09. The van der Waals surface area contributed by atoms with Crippen LogP contribution in [0, 0.1) is 12.8 Å². The summed E-state index contributed by atoms with van der Waals surface area (Å²) in [7, 11) is 0. The Morgan fingerprint density at radius 2 is 2.38 bits per heavy atom. The molecule has 0 aliphatic heterocycles. The van der Waals surface area contributed by atoms with Crippen molar-refractivity contribution >= 4 is 15.9 Å². The molecule has 1 heterocycles. The Kier molecular flexibility index (Phi) is 3.66. The Balaban J connectivity index is 2.84. The molecule has 1 aromatic rings. The third kappa shape index (κ3) is 2.95. The Bertz CT molecular complexity index is 335. The lowest BCUT2D eigenvalue weighted by Crippen LogP contribution is -2.25. The predicted molar refractivity (Wildman–Crippen MR) is 56.2 cm³/mol. The molecule has 0 N–H and O–H groups in total. The van der Waals surface area contributed by atoms with Gasteiger partial charge in [0.2, 0.25) is 0 Å². The van der Waals surface area contributed by atoms with Gasteiger partial charge in [0, 0.05) is 17.9 Å². The van der Waals surface area contributed by atoms with Crippen LogP contribution in [0.4, 0.5) is 0 Å². The van der Waals surface area contributed by atoms with Crippen LogP contribution in [0.1, 0.15) is 12.5 Å². The van der Waals surface area contributed by atoms with Gasteiger partial charge in [0.15, 0.2) is 0 Å². The first-order valence-corrected chi connectivity index (χ1v) is 5.35. The van der Waals surface area contributed by atoms with Crippen molar-refractivity contribution in [1.29, 1.82) is 0 Å². The zero-order valence-electron chi connectivity index (χ0n) is 7.83. The molecular formula is C9H13BrN2O. The van der Waals surface area contributed by atoms with Gasteiger partial charge in [-0.15, -0.1) is 0 Å². The van der Waals surface area contributed by atoms with Gasteiger partial charge in [-0.2, -0.15) is 5.10 Å². The van der Waals surface area contributed by atoms with Crippen LogP contribution < -0.4 is 5.56 Å². The molecule has 1 rings (SSSR count). The first-order chi connectivity index (χ1) is 6.13. The Labute approximate surface area is 85.9 Å². The van der Waals surface area contributed by atoms with E-state index in [1.54, 1.807) is 12.3 Å². The SMILES string of the molecule is Cc1cnn(CC(C)CBr)c(=O)c1. The van der Waals surface area contributed by atoms with Crippen molar-refractivity contribution in [2.24, 2.45) is 5.92 Å². The fraction of sp³-hybridized carbons (Fsp3) is 0.556. The number of halogens is 1. The van der Waals surface area contributed by atoms with E-state index in [-0.39, 0.29) is 5.56 Å². The van der Waals surface area contributed by atoms with Crippen LogP contribution in [-0.2, 0) is 6.54 Å². The number of nitrogens with zero attached hydrogens (tertiary/aromatic N) is 2. The second-order valence-electron chi connectivity index (χ2n) is 3.31. The number of aryl methyl sites for hydroxylation is 1. The van der Waals surface area contributed by atoms with E-state index in [4.69, 9.17) is 0 Å². The fourth-order valence-electron chi connectivity index (χ4n) is 1.01. The van der Waals surface area contributed by atoms with Crippen molar-refractivity contribution in [3.63, 3.8) is 0 Å². The van der Waals surface area contributed by atoms with E-state index >= 15 is 0 Å². The summed E-state index contributed by atoms with van der Waals surface area (Å²) in [6.45, 7) is 4.61. The molecular weight excluding hydrogens is 232 g/mol. The van der Waals surface area contributed by atoms with E-state index in [0.717, 1.165) is 10.9 Å². The van der Waals surface area contributed by atoms with E-state index in [1.165, 1.54) is 4.68 Å². The standard InChI is InChI=1S/C9H13BrN2O/c1-7-3-9(13)12(11-5-7)6-8(2)4-10/h3,5,8H,4,6H2,1-2H3. The number of hydrogen-bond donors (Lipinski definition) is 0. The van der Waals surface area contributed by atoms with Gasteiger partial charge in [-0.1, -0.05) is 22.9 Å². The summed E-state index contributed by atoms with van der Waals surface area (Å²) in [5.41, 5.74) is 0.889. The van der Waals surface area contributed by atoms with Crippen LogP contribution in [0.25, 0.3) is 0 Å². The van der Waals surface area contributed by atoms with Gasteiger partial charge in [0.25, 0.3) is 5.56 Å². The minimum absolute atomic E-state index is 0.0206. The Morgan fingerprint density at radius 3 is 2.92 bits per heavy atom. The molecule has 1 unspecified atom stereocenters. The maximum absolute atomic E-state index is 11.4. The molecule has 13 heavy (non-hydrogen) atoms. The molecule has 0 amide bonds. The van der Waals surface area contributed by atoms with Crippen molar-refractivity contribution in [3.05, 3.63) is 28.2 Å². The van der Waals surface area contributed by atoms with Gasteiger partial charge in [-0.05, 0) is 18.4 Å². The second kappa shape index (κ2) is 4.56. The molecule has 0 aliphatic rings. The van der Waals surface area contributed by atoms with Crippen molar-refractivity contribution in [3.8, 4) is 0 Å². The highest BCUT2D eigenvalue weighted by Gasteiger charge is 2.03. The normalized spacial score (nSPS) is 12.8. The van der Waals surface area contributed by atoms with Crippen LogP contribution in [0.3, 0.4) is 0 Å². The summed E-state index contributed by atoms with van der Waals surface area (Å²) in [6.07, 6.45) is 1.71. The van der Waals surface area contributed by atoms with E-state index < -0.39 is 0 Å². The number of rotatable bonds is 3. The lowest BCUT2D eigenvalue weighted by Gasteiger charge is -2.08. The van der Waals surface area contributed by atoms with Gasteiger partial charge in [-0.25, -0.2) is 4.68 Å². The summed E-state index contributed by atoms with van der Waals surface area (Å²) in [5.74, 6) is 0.424. The lowest BCUT2D eigenvalue weighted by atomic mass is 10.2. The number of aromatic nitrogens is 2. The fourth-order valence-corrected chi connectivity index (χ4v) is 1.21. The van der Waals surface area contributed by atoms with Crippen LogP contribution in [0.5, 0.6) is 0 Å². The second-order valence-corrected chi connectivity index (χ2v) is 3.96. The molecule has 0 aliphatic carbocycles. The summed E-state index contributed by atoms with van der Waals surface area (Å²) in [4.78, 5) is 11.4. The quantitative estimate of drug-likeness (QED) is 0.758. The first kappa shape index (κ1) is 10.4. The van der Waals surface area contributed by atoms with Crippen molar-refractivity contribution in [2.45, 2.75) is 20.4 Å². The van der Waals surface area contributed by atoms with Gasteiger partial charge in [-0.3, -0.25) is 4.79 Å². The summed E-state index contributed by atoms with van der Waals surface area (Å²) >= 11 is 3.37. The maximum atomic E-state index is 11.4. The lowest BCUT2D eigenvalue weighted by molar-refractivity contribution is 0.470. The summed E-state index contributed by atoms with van der Waals surface area (Å²) in [5, 5.41) is 4.93.